The number of nitrogens with one attached hydrogen (secondary N) is 1. The van der Waals surface area contributed by atoms with E-state index in [-0.39, 0.29) is 34.4 Å². The van der Waals surface area contributed by atoms with Gasteiger partial charge in [0, 0.05) is 17.8 Å². The molecule has 12 heteroatoms. The van der Waals surface area contributed by atoms with Crippen molar-refractivity contribution in [2.24, 2.45) is 0 Å². The largest absolute Gasteiger partial charge is 0.468 e. The minimum Gasteiger partial charge on any atom is -0.468 e. The summed E-state index contributed by atoms with van der Waals surface area (Å²) in [7, 11) is -1.71. The summed E-state index contributed by atoms with van der Waals surface area (Å²) in [4.78, 5) is 37.7. The van der Waals surface area contributed by atoms with Gasteiger partial charge in [0.1, 0.15) is 19.7 Å². The van der Waals surface area contributed by atoms with Crippen molar-refractivity contribution in [2.45, 2.75) is 11.5 Å². The molecule has 200 valence electrons. The summed E-state index contributed by atoms with van der Waals surface area (Å²) in [6.45, 7) is -0.868. The molecule has 0 saturated carbocycles. The number of sulfonamides is 1. The van der Waals surface area contributed by atoms with E-state index in [0.29, 0.717) is 0 Å². The van der Waals surface area contributed by atoms with Crippen molar-refractivity contribution in [3.63, 3.8) is 0 Å². The van der Waals surface area contributed by atoms with Gasteiger partial charge >= 0.3 is 12.1 Å². The molecule has 1 N–H and O–H groups in total. The molecule has 38 heavy (non-hydrogen) atoms. The monoisotopic (exact) mass is 559 g/mol. The number of likely N-dealkylation sites (N-methyl/N-ethyl adjacent to an activating group) is 1. The smallest absolute Gasteiger partial charge is 0.410 e. The van der Waals surface area contributed by atoms with Gasteiger partial charge in [-0.05, 0) is 42.0 Å². The first-order valence-corrected chi connectivity index (χ1v) is 13.1. The summed E-state index contributed by atoms with van der Waals surface area (Å²) < 4.78 is 37.7. The van der Waals surface area contributed by atoms with E-state index in [9.17, 15) is 22.8 Å². The molecule has 3 aromatic carbocycles. The molecule has 0 radical (unpaired) electrons. The Morgan fingerprint density at radius 3 is 2.32 bits per heavy atom. The zero-order valence-corrected chi connectivity index (χ0v) is 22.2. The highest BCUT2D eigenvalue weighted by Crippen LogP contribution is 2.27. The third kappa shape index (κ3) is 7.70. The van der Waals surface area contributed by atoms with Gasteiger partial charge in [0.15, 0.2) is 0 Å². The highest BCUT2D eigenvalue weighted by Gasteiger charge is 2.28. The number of benzene rings is 3. The Morgan fingerprint density at radius 2 is 1.63 bits per heavy atom. The maximum atomic E-state index is 13.5. The number of rotatable bonds is 10. The second kappa shape index (κ2) is 12.9. The molecule has 0 spiro atoms. The fraction of sp³-hybridized carbons (Fsp3) is 0.192. The molecule has 0 atom stereocenters. The first kappa shape index (κ1) is 28.5. The zero-order valence-electron chi connectivity index (χ0n) is 20.7. The van der Waals surface area contributed by atoms with E-state index in [1.807, 2.05) is 18.2 Å². The average molecular weight is 560 g/mol. The number of halogens is 1. The van der Waals surface area contributed by atoms with Crippen molar-refractivity contribution >= 4 is 51.0 Å². The lowest BCUT2D eigenvalue weighted by atomic mass is 10.2. The molecular weight excluding hydrogens is 534 g/mol. The molecule has 10 nitrogen and oxygen atoms in total. The molecule has 0 fully saturated rings. The fourth-order valence-corrected chi connectivity index (χ4v) is 4.93. The van der Waals surface area contributed by atoms with E-state index in [4.69, 9.17) is 16.3 Å². The fourth-order valence-electron chi connectivity index (χ4n) is 3.30. The number of ether oxygens (including phenoxy) is 2. The van der Waals surface area contributed by atoms with Crippen LogP contribution in [0.25, 0.3) is 0 Å². The van der Waals surface area contributed by atoms with Crippen LogP contribution in [0.15, 0.2) is 83.8 Å². The van der Waals surface area contributed by atoms with E-state index in [1.54, 1.807) is 24.3 Å². The van der Waals surface area contributed by atoms with E-state index in [2.05, 4.69) is 10.1 Å². The highest BCUT2D eigenvalue weighted by molar-refractivity contribution is 7.92. The number of carbonyl (C=O) groups is 3. The van der Waals surface area contributed by atoms with Gasteiger partial charge in [0.2, 0.25) is 5.91 Å². The number of anilines is 2. The van der Waals surface area contributed by atoms with Crippen molar-refractivity contribution in [2.75, 3.05) is 36.9 Å². The van der Waals surface area contributed by atoms with E-state index in [0.717, 1.165) is 21.9 Å². The molecule has 0 heterocycles. The molecular formula is C26H26ClN3O7S. The predicted molar refractivity (Wildman–Crippen MR) is 142 cm³/mol. The van der Waals surface area contributed by atoms with E-state index in [1.165, 1.54) is 43.4 Å². The van der Waals surface area contributed by atoms with Gasteiger partial charge in [0.05, 0.1) is 17.7 Å². The average Bonchev–Trinajstić information content (AvgIpc) is 2.90. The van der Waals surface area contributed by atoms with Crippen LogP contribution in [0, 0.1) is 0 Å². The van der Waals surface area contributed by atoms with Crippen LogP contribution in [0.5, 0.6) is 0 Å². The molecule has 3 rings (SSSR count). The van der Waals surface area contributed by atoms with Crippen LogP contribution in [0.3, 0.4) is 0 Å². The normalized spacial score (nSPS) is 10.8. The Balaban J connectivity index is 1.71. The highest BCUT2D eigenvalue weighted by atomic mass is 35.5. The number of hydrogen-bond donors (Lipinski definition) is 1. The number of esters is 1. The Hall–Kier alpha value is -4.09. The van der Waals surface area contributed by atoms with Gasteiger partial charge < -0.3 is 19.7 Å². The van der Waals surface area contributed by atoms with Crippen molar-refractivity contribution in [1.29, 1.82) is 0 Å². The number of methoxy groups -OCH3 is 1. The Bertz CT molecular complexity index is 1400. The molecule has 0 unspecified atom stereocenters. The van der Waals surface area contributed by atoms with Crippen LogP contribution >= 0.6 is 11.6 Å². The van der Waals surface area contributed by atoms with Crippen molar-refractivity contribution < 1.29 is 32.3 Å². The third-order valence-electron chi connectivity index (χ3n) is 5.20. The van der Waals surface area contributed by atoms with Gasteiger partial charge in [-0.1, -0.05) is 54.1 Å². The van der Waals surface area contributed by atoms with E-state index < -0.39 is 34.5 Å². The first-order chi connectivity index (χ1) is 18.1. The molecule has 0 saturated heterocycles. The van der Waals surface area contributed by atoms with Crippen LogP contribution < -0.4 is 9.62 Å². The number of carbonyl (C=O) groups excluding carboxylic acids is 3. The third-order valence-corrected chi connectivity index (χ3v) is 7.20. The van der Waals surface area contributed by atoms with Gasteiger partial charge in [-0.2, -0.15) is 0 Å². The van der Waals surface area contributed by atoms with Gasteiger partial charge in [-0.25, -0.2) is 13.2 Å². The molecule has 0 aliphatic heterocycles. The standard InChI is InChI=1S/C26H26ClN3O7S/c1-29(26(33)37-18-19-8-4-3-5-9-19)16-24(31)28-21-11-7-13-23(15-21)38(34,35)30(17-25(32)36-2)22-12-6-10-20(27)14-22/h3-15H,16-18H2,1-2H3,(H,28,31). The summed E-state index contributed by atoms with van der Waals surface area (Å²) in [5.41, 5.74) is 1.13. The van der Waals surface area contributed by atoms with Crippen LogP contribution in [-0.4, -0.2) is 58.5 Å². The SMILES string of the molecule is COC(=O)CN(c1cccc(Cl)c1)S(=O)(=O)c1cccc(NC(=O)CN(C)C(=O)OCc2ccccc2)c1. The summed E-state index contributed by atoms with van der Waals surface area (Å²) in [6.07, 6.45) is -0.694. The molecule has 0 aromatic heterocycles. The maximum Gasteiger partial charge on any atom is 0.410 e. The summed E-state index contributed by atoms with van der Waals surface area (Å²) in [5.74, 6) is -1.35. The Kier molecular flexibility index (Phi) is 9.69. The summed E-state index contributed by atoms with van der Waals surface area (Å²) in [6, 6.07) is 20.6. The number of amides is 2. The van der Waals surface area contributed by atoms with Crippen molar-refractivity contribution in [3.05, 3.63) is 89.4 Å². The maximum absolute atomic E-state index is 13.5. The molecule has 0 bridgehead atoms. The lowest BCUT2D eigenvalue weighted by Gasteiger charge is -2.24. The van der Waals surface area contributed by atoms with Crippen LogP contribution in [0.2, 0.25) is 5.02 Å². The van der Waals surface area contributed by atoms with Gasteiger partial charge in [0.25, 0.3) is 10.0 Å². The van der Waals surface area contributed by atoms with Crippen molar-refractivity contribution in [1.82, 2.24) is 4.90 Å². The molecule has 3 aromatic rings. The second-order valence-corrected chi connectivity index (χ2v) is 10.3. The lowest BCUT2D eigenvalue weighted by Crippen LogP contribution is -2.36. The second-order valence-electron chi connectivity index (χ2n) is 8.04. The molecule has 0 aliphatic carbocycles. The Morgan fingerprint density at radius 1 is 0.921 bits per heavy atom. The first-order valence-electron chi connectivity index (χ1n) is 11.3. The van der Waals surface area contributed by atoms with Crippen LogP contribution in [0.4, 0.5) is 16.2 Å². The van der Waals surface area contributed by atoms with Crippen LogP contribution in [0.1, 0.15) is 5.56 Å². The number of hydrogen-bond acceptors (Lipinski definition) is 7. The predicted octanol–water partition coefficient (Wildman–Crippen LogP) is 3.92. The lowest BCUT2D eigenvalue weighted by molar-refractivity contribution is -0.138. The zero-order chi connectivity index (χ0) is 27.7. The quantitative estimate of drug-likeness (QED) is 0.374. The number of nitrogens with zero attached hydrogens (tertiary/aromatic N) is 2. The molecule has 2 amide bonds. The van der Waals surface area contributed by atoms with Crippen LogP contribution in [-0.2, 0) is 35.7 Å². The Labute approximate surface area is 225 Å². The minimum atomic E-state index is -4.27. The molecule has 0 aliphatic rings. The van der Waals surface area contributed by atoms with Gasteiger partial charge in [-0.3, -0.25) is 13.9 Å². The topological polar surface area (TPSA) is 122 Å². The summed E-state index contributed by atoms with van der Waals surface area (Å²) >= 11 is 6.03. The summed E-state index contributed by atoms with van der Waals surface area (Å²) in [5, 5.41) is 2.85. The minimum absolute atomic E-state index is 0.0558. The van der Waals surface area contributed by atoms with E-state index >= 15 is 0 Å². The van der Waals surface area contributed by atoms with Crippen molar-refractivity contribution in [3.8, 4) is 0 Å². The van der Waals surface area contributed by atoms with Gasteiger partial charge in [-0.15, -0.1) is 0 Å².